The molecule has 0 bridgehead atoms. The van der Waals surface area contributed by atoms with E-state index in [1.54, 1.807) is 29.2 Å². The molecular formula is C20H18ClF3N6O2S. The van der Waals surface area contributed by atoms with E-state index in [4.69, 9.17) is 16.3 Å². The summed E-state index contributed by atoms with van der Waals surface area (Å²) in [4.78, 5) is 14.4. The van der Waals surface area contributed by atoms with Gasteiger partial charge in [0.1, 0.15) is 0 Å². The third kappa shape index (κ3) is 5.75. The molecule has 0 radical (unpaired) electrons. The Labute approximate surface area is 196 Å². The molecule has 0 aliphatic carbocycles. The first-order valence-corrected chi connectivity index (χ1v) is 11.2. The zero-order valence-electron chi connectivity index (χ0n) is 17.0. The number of rotatable bonds is 6. The highest BCUT2D eigenvalue weighted by Gasteiger charge is 2.32. The summed E-state index contributed by atoms with van der Waals surface area (Å²) in [5.74, 6) is -0.447. The van der Waals surface area contributed by atoms with E-state index in [1.807, 2.05) is 0 Å². The molecule has 0 unspecified atom stereocenters. The maximum atomic E-state index is 13.2. The Morgan fingerprint density at radius 1 is 1.15 bits per heavy atom. The average molecular weight is 499 g/mol. The van der Waals surface area contributed by atoms with Gasteiger partial charge in [0, 0.05) is 18.1 Å². The number of nitrogens with zero attached hydrogens (tertiary/aromatic N) is 5. The van der Waals surface area contributed by atoms with Gasteiger partial charge >= 0.3 is 6.18 Å². The lowest BCUT2D eigenvalue weighted by Gasteiger charge is -2.31. The Kier molecular flexibility index (Phi) is 7.05. The lowest BCUT2D eigenvalue weighted by molar-refractivity contribution is -0.137. The molecule has 2 aromatic carbocycles. The Morgan fingerprint density at radius 3 is 2.58 bits per heavy atom. The monoisotopic (exact) mass is 498 g/mol. The molecule has 1 fully saturated rings. The number of hydrogen-bond acceptors (Lipinski definition) is 7. The van der Waals surface area contributed by atoms with Crippen LogP contribution >= 0.6 is 23.4 Å². The summed E-state index contributed by atoms with van der Waals surface area (Å²) in [6.07, 6.45) is -4.49. The summed E-state index contributed by atoms with van der Waals surface area (Å²) < 4.78 is 46.5. The molecule has 13 heteroatoms. The zero-order chi connectivity index (χ0) is 23.4. The SMILES string of the molecule is O=C(CSc1nnnn1-c1ccc(Cl)cc1)Nc1ccc(C(F)(F)F)cc1N1CCOCC1. The number of aromatic nitrogens is 4. The molecule has 1 N–H and O–H groups in total. The van der Waals surface area contributed by atoms with Crippen LogP contribution in [0.1, 0.15) is 5.56 Å². The number of amides is 1. The van der Waals surface area contributed by atoms with E-state index in [1.165, 1.54) is 10.7 Å². The normalized spacial score (nSPS) is 14.4. The smallest absolute Gasteiger partial charge is 0.378 e. The van der Waals surface area contributed by atoms with Gasteiger partial charge in [-0.2, -0.15) is 17.9 Å². The number of alkyl halides is 3. The van der Waals surface area contributed by atoms with E-state index in [0.29, 0.717) is 53.5 Å². The van der Waals surface area contributed by atoms with Gasteiger partial charge in [-0.3, -0.25) is 4.79 Å². The van der Waals surface area contributed by atoms with Gasteiger partial charge in [0.25, 0.3) is 0 Å². The van der Waals surface area contributed by atoms with Crippen molar-refractivity contribution in [2.45, 2.75) is 11.3 Å². The molecule has 1 saturated heterocycles. The summed E-state index contributed by atoms with van der Waals surface area (Å²) in [5.41, 5.74) is 0.494. The Balaban J connectivity index is 1.48. The molecule has 1 aliphatic rings. The minimum atomic E-state index is -4.49. The number of hydrogen-bond donors (Lipinski definition) is 1. The number of carbonyl (C=O) groups excluding carboxylic acids is 1. The van der Waals surface area contributed by atoms with Crippen LogP contribution in [0.15, 0.2) is 47.6 Å². The van der Waals surface area contributed by atoms with Crippen molar-refractivity contribution < 1.29 is 22.7 Å². The molecule has 1 aromatic heterocycles. The van der Waals surface area contributed by atoms with Gasteiger partial charge in [0.15, 0.2) is 0 Å². The molecule has 1 aliphatic heterocycles. The summed E-state index contributed by atoms with van der Waals surface area (Å²) in [5, 5.41) is 15.1. The predicted molar refractivity (Wildman–Crippen MR) is 118 cm³/mol. The summed E-state index contributed by atoms with van der Waals surface area (Å²) in [6.45, 7) is 1.64. The first-order chi connectivity index (χ1) is 15.8. The molecule has 2 heterocycles. The molecule has 0 spiro atoms. The minimum Gasteiger partial charge on any atom is -0.378 e. The first-order valence-electron chi connectivity index (χ1n) is 9.82. The number of thioether (sulfide) groups is 1. The second-order valence-corrected chi connectivity index (χ2v) is 8.39. The number of benzene rings is 2. The second kappa shape index (κ2) is 9.98. The minimum absolute atomic E-state index is 0.0441. The van der Waals surface area contributed by atoms with E-state index in [2.05, 4.69) is 20.8 Å². The van der Waals surface area contributed by atoms with Gasteiger partial charge in [0.05, 0.1) is 41.6 Å². The average Bonchev–Trinajstić information content (AvgIpc) is 3.27. The molecule has 0 saturated carbocycles. The fourth-order valence-electron chi connectivity index (χ4n) is 3.21. The highest BCUT2D eigenvalue weighted by molar-refractivity contribution is 7.99. The van der Waals surface area contributed by atoms with E-state index in [9.17, 15) is 18.0 Å². The van der Waals surface area contributed by atoms with Gasteiger partial charge < -0.3 is 15.0 Å². The third-order valence-corrected chi connectivity index (χ3v) is 5.97. The molecule has 3 aromatic rings. The zero-order valence-corrected chi connectivity index (χ0v) is 18.6. The predicted octanol–water partition coefficient (Wildman–Crippen LogP) is 3.90. The van der Waals surface area contributed by atoms with Crippen LogP contribution in [0, 0.1) is 0 Å². The van der Waals surface area contributed by atoms with Crippen LogP contribution in [0.4, 0.5) is 24.5 Å². The molecule has 8 nitrogen and oxygen atoms in total. The van der Waals surface area contributed by atoms with Crippen molar-refractivity contribution in [2.75, 3.05) is 42.3 Å². The van der Waals surface area contributed by atoms with Crippen molar-refractivity contribution in [2.24, 2.45) is 0 Å². The van der Waals surface area contributed by atoms with Crippen LogP contribution in [0.3, 0.4) is 0 Å². The largest absolute Gasteiger partial charge is 0.416 e. The van der Waals surface area contributed by atoms with Gasteiger partial charge in [-0.15, -0.1) is 5.10 Å². The Morgan fingerprint density at radius 2 is 1.88 bits per heavy atom. The molecule has 33 heavy (non-hydrogen) atoms. The Hall–Kier alpha value is -2.83. The second-order valence-electron chi connectivity index (χ2n) is 7.02. The van der Waals surface area contributed by atoms with E-state index < -0.39 is 17.6 Å². The first kappa shape index (κ1) is 23.3. The quantitative estimate of drug-likeness (QED) is 0.516. The summed E-state index contributed by atoms with van der Waals surface area (Å²) in [6, 6.07) is 10.1. The van der Waals surface area contributed by atoms with Gasteiger partial charge in [0.2, 0.25) is 11.1 Å². The molecule has 174 valence electrons. The summed E-state index contributed by atoms with van der Waals surface area (Å²) >= 11 is 7.00. The highest BCUT2D eigenvalue weighted by atomic mass is 35.5. The number of tetrazole rings is 1. The summed E-state index contributed by atoms with van der Waals surface area (Å²) in [7, 11) is 0. The number of ether oxygens (including phenoxy) is 1. The van der Waals surface area contributed by atoms with Crippen molar-refractivity contribution in [3.8, 4) is 5.69 Å². The van der Waals surface area contributed by atoms with Crippen LogP contribution in [0.25, 0.3) is 5.69 Å². The third-order valence-electron chi connectivity index (χ3n) is 4.80. The van der Waals surface area contributed by atoms with Crippen LogP contribution < -0.4 is 10.2 Å². The lowest BCUT2D eigenvalue weighted by atomic mass is 10.1. The van der Waals surface area contributed by atoms with Crippen molar-refractivity contribution in [3.63, 3.8) is 0 Å². The standard InChI is InChI=1S/C20H18ClF3N6O2S/c21-14-2-4-15(5-3-14)30-19(26-27-28-30)33-12-18(31)25-16-6-1-13(20(22,23)24)11-17(16)29-7-9-32-10-8-29/h1-6,11H,7-10,12H2,(H,25,31). The molecule has 1 amide bonds. The topological polar surface area (TPSA) is 85.2 Å². The van der Waals surface area contributed by atoms with Crippen LogP contribution in [-0.2, 0) is 15.7 Å². The van der Waals surface area contributed by atoms with E-state index in [0.717, 1.165) is 23.9 Å². The van der Waals surface area contributed by atoms with Crippen molar-refractivity contribution in [1.29, 1.82) is 0 Å². The number of anilines is 2. The fourth-order valence-corrected chi connectivity index (χ4v) is 4.03. The number of carbonyl (C=O) groups is 1. The van der Waals surface area contributed by atoms with E-state index >= 15 is 0 Å². The number of halogens is 4. The molecule has 4 rings (SSSR count). The fraction of sp³-hybridized carbons (Fsp3) is 0.300. The van der Waals surface area contributed by atoms with Crippen LogP contribution in [-0.4, -0.2) is 58.2 Å². The maximum Gasteiger partial charge on any atom is 0.416 e. The number of nitrogens with one attached hydrogen (secondary N) is 1. The van der Waals surface area contributed by atoms with Crippen molar-refractivity contribution >= 4 is 40.6 Å². The van der Waals surface area contributed by atoms with Gasteiger partial charge in [-0.1, -0.05) is 23.4 Å². The van der Waals surface area contributed by atoms with Gasteiger partial charge in [-0.25, -0.2) is 0 Å². The van der Waals surface area contributed by atoms with Crippen LogP contribution in [0.5, 0.6) is 0 Å². The Bertz CT molecular complexity index is 1120. The van der Waals surface area contributed by atoms with Crippen molar-refractivity contribution in [1.82, 2.24) is 20.2 Å². The highest BCUT2D eigenvalue weighted by Crippen LogP contribution is 2.36. The maximum absolute atomic E-state index is 13.2. The molecule has 0 atom stereocenters. The number of morpholine rings is 1. The van der Waals surface area contributed by atoms with Crippen molar-refractivity contribution in [3.05, 3.63) is 53.1 Å². The molecular weight excluding hydrogens is 481 g/mol. The van der Waals surface area contributed by atoms with Gasteiger partial charge in [-0.05, 0) is 52.9 Å². The lowest BCUT2D eigenvalue weighted by Crippen LogP contribution is -2.37. The van der Waals surface area contributed by atoms with Crippen LogP contribution in [0.2, 0.25) is 5.02 Å². The van der Waals surface area contributed by atoms with E-state index in [-0.39, 0.29) is 5.75 Å².